The van der Waals surface area contributed by atoms with E-state index in [1.165, 1.54) is 5.56 Å². The Morgan fingerprint density at radius 1 is 1.05 bits per heavy atom. The molecule has 210 valence electrons. The van der Waals surface area contributed by atoms with Crippen molar-refractivity contribution in [3.05, 3.63) is 95.8 Å². The van der Waals surface area contributed by atoms with Gasteiger partial charge >= 0.3 is 0 Å². The van der Waals surface area contributed by atoms with Crippen molar-refractivity contribution in [3.8, 4) is 28.1 Å². The summed E-state index contributed by atoms with van der Waals surface area (Å²) in [6.07, 6.45) is 4.05. The number of benzene rings is 3. The summed E-state index contributed by atoms with van der Waals surface area (Å²) in [6, 6.07) is 22.7. The molecule has 3 aromatic carbocycles. The Morgan fingerprint density at radius 3 is 2.62 bits per heavy atom. The SMILES string of the molecule is CC(=O)[C@@H](OC(C)(C)C)c1c(C)cc2c(ccc3nc(-c4ccccc4)cn32)c1-c1ccc2c3c(ccnc13)CCO2. The first kappa shape index (κ1) is 26.4. The molecule has 6 aromatic rings. The van der Waals surface area contributed by atoms with E-state index >= 15 is 0 Å². The zero-order valence-corrected chi connectivity index (χ0v) is 24.6. The molecule has 6 heteroatoms. The molecule has 0 saturated carbocycles. The number of fused-ring (bicyclic) bond motifs is 3. The van der Waals surface area contributed by atoms with Crippen LogP contribution in [0.3, 0.4) is 0 Å². The minimum Gasteiger partial charge on any atom is -0.493 e. The minimum absolute atomic E-state index is 0.0391. The van der Waals surface area contributed by atoms with Gasteiger partial charge in [0.1, 0.15) is 17.5 Å². The number of ether oxygens (including phenoxy) is 2. The van der Waals surface area contributed by atoms with E-state index in [0.717, 1.165) is 73.1 Å². The third-order valence-corrected chi connectivity index (χ3v) is 8.00. The molecule has 1 atom stereocenters. The number of pyridine rings is 2. The van der Waals surface area contributed by atoms with Crippen molar-refractivity contribution in [1.29, 1.82) is 0 Å². The number of imidazole rings is 1. The summed E-state index contributed by atoms with van der Waals surface area (Å²) in [4.78, 5) is 23.2. The van der Waals surface area contributed by atoms with Crippen LogP contribution in [0, 0.1) is 6.92 Å². The second-order valence-corrected chi connectivity index (χ2v) is 12.1. The fourth-order valence-corrected chi connectivity index (χ4v) is 6.24. The van der Waals surface area contributed by atoms with Gasteiger partial charge in [0.2, 0.25) is 0 Å². The van der Waals surface area contributed by atoms with Crippen molar-refractivity contribution in [2.75, 3.05) is 6.61 Å². The van der Waals surface area contributed by atoms with Gasteiger partial charge in [0.05, 0.1) is 28.9 Å². The molecule has 42 heavy (non-hydrogen) atoms. The second kappa shape index (κ2) is 9.78. The van der Waals surface area contributed by atoms with Crippen LogP contribution >= 0.6 is 0 Å². The van der Waals surface area contributed by atoms with Crippen LogP contribution in [0.2, 0.25) is 0 Å². The lowest BCUT2D eigenvalue weighted by atomic mass is 9.85. The smallest absolute Gasteiger partial charge is 0.163 e. The Morgan fingerprint density at radius 2 is 1.86 bits per heavy atom. The van der Waals surface area contributed by atoms with Crippen molar-refractivity contribution >= 4 is 33.2 Å². The molecule has 0 bridgehead atoms. The number of hydrogen-bond donors (Lipinski definition) is 0. The molecule has 0 spiro atoms. The van der Waals surface area contributed by atoms with Crippen molar-refractivity contribution in [3.63, 3.8) is 0 Å². The summed E-state index contributed by atoms with van der Waals surface area (Å²) in [6.45, 7) is 10.3. The first-order valence-corrected chi connectivity index (χ1v) is 14.4. The Hall–Kier alpha value is -4.55. The molecule has 0 fully saturated rings. The lowest BCUT2D eigenvalue weighted by Gasteiger charge is -2.30. The van der Waals surface area contributed by atoms with Crippen LogP contribution in [0.25, 0.3) is 49.8 Å². The highest BCUT2D eigenvalue weighted by molar-refractivity contribution is 6.09. The highest BCUT2D eigenvalue weighted by Gasteiger charge is 2.31. The molecule has 0 saturated heterocycles. The normalized spacial score (nSPS) is 13.9. The van der Waals surface area contributed by atoms with Crippen LogP contribution in [0.5, 0.6) is 5.75 Å². The van der Waals surface area contributed by atoms with Crippen molar-refractivity contribution in [1.82, 2.24) is 14.4 Å². The van der Waals surface area contributed by atoms with Gasteiger partial charge in [-0.15, -0.1) is 0 Å². The Labute approximate surface area is 244 Å². The summed E-state index contributed by atoms with van der Waals surface area (Å²) in [5.74, 6) is 0.808. The van der Waals surface area contributed by atoms with E-state index in [9.17, 15) is 4.79 Å². The Bertz CT molecular complexity index is 2010. The molecule has 0 aliphatic carbocycles. The van der Waals surface area contributed by atoms with E-state index in [2.05, 4.69) is 53.9 Å². The first-order chi connectivity index (χ1) is 20.2. The van der Waals surface area contributed by atoms with Crippen LogP contribution in [-0.4, -0.2) is 32.4 Å². The van der Waals surface area contributed by atoms with E-state index < -0.39 is 11.7 Å². The van der Waals surface area contributed by atoms with E-state index in [0.29, 0.717) is 6.61 Å². The zero-order chi connectivity index (χ0) is 29.2. The summed E-state index contributed by atoms with van der Waals surface area (Å²) >= 11 is 0. The van der Waals surface area contributed by atoms with Gasteiger partial charge in [-0.05, 0) is 93.3 Å². The molecular weight excluding hydrogens is 522 g/mol. The van der Waals surface area contributed by atoms with E-state index in [1.807, 2.05) is 57.3 Å². The maximum absolute atomic E-state index is 13.3. The average molecular weight is 556 g/mol. The predicted molar refractivity (Wildman–Crippen MR) is 167 cm³/mol. The number of carbonyl (C=O) groups is 1. The third kappa shape index (κ3) is 4.34. The Balaban J connectivity index is 1.59. The van der Waals surface area contributed by atoms with Crippen molar-refractivity contribution in [2.45, 2.75) is 52.7 Å². The number of hydrogen-bond acceptors (Lipinski definition) is 5. The highest BCUT2D eigenvalue weighted by Crippen LogP contribution is 2.45. The molecule has 7 rings (SSSR count). The number of Topliss-reactive ketones (excluding diaryl/α,β-unsaturated/α-hetero) is 1. The first-order valence-electron chi connectivity index (χ1n) is 14.4. The van der Waals surface area contributed by atoms with Crippen LogP contribution in [0.15, 0.2) is 79.1 Å². The molecule has 6 nitrogen and oxygen atoms in total. The highest BCUT2D eigenvalue weighted by atomic mass is 16.5. The predicted octanol–water partition coefficient (Wildman–Crippen LogP) is 8.06. The van der Waals surface area contributed by atoms with Crippen LogP contribution in [0.1, 0.15) is 50.5 Å². The standard InChI is InChI=1S/C36H33N3O3/c1-21-19-28-25(12-14-30-38-27(20-39(28)30)23-9-7-6-8-10-23)33(31(21)35(22(2)40)42-36(3,4)5)26-11-13-29-32-24(16-18-41-29)15-17-37-34(26)32/h6-15,17,19-20,35H,16,18H2,1-5H3/t35-/m1/s1. The fraction of sp³-hybridized carbons (Fsp3) is 0.250. The van der Waals surface area contributed by atoms with E-state index in [1.54, 1.807) is 6.92 Å². The molecular formula is C36H33N3O3. The van der Waals surface area contributed by atoms with Gasteiger partial charge in [-0.25, -0.2) is 4.98 Å². The molecule has 1 aliphatic heterocycles. The van der Waals surface area contributed by atoms with Gasteiger partial charge in [0, 0.05) is 40.7 Å². The maximum atomic E-state index is 13.3. The topological polar surface area (TPSA) is 65.7 Å². The van der Waals surface area contributed by atoms with E-state index in [-0.39, 0.29) is 5.78 Å². The molecule has 4 heterocycles. The molecule has 0 N–H and O–H groups in total. The zero-order valence-electron chi connectivity index (χ0n) is 24.6. The third-order valence-electron chi connectivity index (χ3n) is 8.00. The summed E-state index contributed by atoms with van der Waals surface area (Å²) in [7, 11) is 0. The lowest BCUT2D eigenvalue weighted by molar-refractivity contribution is -0.138. The van der Waals surface area contributed by atoms with Crippen molar-refractivity contribution < 1.29 is 14.3 Å². The van der Waals surface area contributed by atoms with Gasteiger partial charge in [0.15, 0.2) is 5.78 Å². The number of nitrogens with zero attached hydrogens (tertiary/aromatic N) is 3. The molecule has 3 aromatic heterocycles. The number of aryl methyl sites for hydroxylation is 1. The number of ketones is 1. The van der Waals surface area contributed by atoms with Crippen LogP contribution in [0.4, 0.5) is 0 Å². The van der Waals surface area contributed by atoms with Gasteiger partial charge in [-0.3, -0.25) is 14.2 Å². The molecule has 0 amide bonds. The fourth-order valence-electron chi connectivity index (χ4n) is 6.24. The molecule has 0 unspecified atom stereocenters. The van der Waals surface area contributed by atoms with Crippen LogP contribution in [-0.2, 0) is 16.0 Å². The Kier molecular flexibility index (Phi) is 6.13. The number of aromatic nitrogens is 3. The molecule has 0 radical (unpaired) electrons. The average Bonchev–Trinajstić information content (AvgIpc) is 3.41. The van der Waals surface area contributed by atoms with Gasteiger partial charge in [-0.1, -0.05) is 30.3 Å². The molecule has 1 aliphatic rings. The lowest BCUT2D eigenvalue weighted by Crippen LogP contribution is -2.27. The number of carbonyl (C=O) groups excluding carboxylic acids is 1. The van der Waals surface area contributed by atoms with Crippen LogP contribution < -0.4 is 4.74 Å². The summed E-state index contributed by atoms with van der Waals surface area (Å²) in [5.41, 5.74) is 9.14. The second-order valence-electron chi connectivity index (χ2n) is 12.1. The number of rotatable bonds is 5. The van der Waals surface area contributed by atoms with Gasteiger partial charge in [0.25, 0.3) is 0 Å². The van der Waals surface area contributed by atoms with Gasteiger partial charge < -0.3 is 9.47 Å². The minimum atomic E-state index is -0.746. The maximum Gasteiger partial charge on any atom is 0.163 e. The largest absolute Gasteiger partial charge is 0.493 e. The summed E-state index contributed by atoms with van der Waals surface area (Å²) in [5, 5.41) is 2.04. The van der Waals surface area contributed by atoms with Gasteiger partial charge in [-0.2, -0.15) is 0 Å². The quantitative estimate of drug-likeness (QED) is 0.215. The van der Waals surface area contributed by atoms with Crippen molar-refractivity contribution in [2.24, 2.45) is 0 Å². The monoisotopic (exact) mass is 555 g/mol. The van der Waals surface area contributed by atoms with E-state index in [4.69, 9.17) is 19.4 Å². The summed E-state index contributed by atoms with van der Waals surface area (Å²) < 4.78 is 14.7.